The second-order valence-electron chi connectivity index (χ2n) is 1.38. The van der Waals surface area contributed by atoms with Crippen LogP contribution >= 0.6 is 34.2 Å². The van der Waals surface area contributed by atoms with Gasteiger partial charge in [-0.15, -0.1) is 0 Å². The molecule has 5 heteroatoms. The highest BCUT2D eigenvalue weighted by molar-refractivity contribution is 14.1. The fourth-order valence-electron chi connectivity index (χ4n) is 0.406. The second-order valence-corrected chi connectivity index (χ2v) is 2.83. The smallest absolute Gasteiger partial charge is 0.225 e. The normalized spacial score (nSPS) is 9.56. The average Bonchev–Trinajstić information content (AvgIpc) is 1.59. The van der Waals surface area contributed by atoms with E-state index in [2.05, 4.69) is 9.97 Å². The third kappa shape index (κ3) is 1.94. The molecule has 0 aliphatic heterocycles. The molecule has 0 unspecified atom stereocenters. The van der Waals surface area contributed by atoms with E-state index in [9.17, 15) is 0 Å². The summed E-state index contributed by atoms with van der Waals surface area (Å²) in [6, 6.07) is 1.65. The van der Waals surface area contributed by atoms with Crippen molar-refractivity contribution in [2.45, 2.75) is 0 Å². The van der Waals surface area contributed by atoms with Crippen LogP contribution in [0.1, 0.15) is 0 Å². The first-order valence-corrected chi connectivity index (χ1v) is 3.60. The summed E-state index contributed by atoms with van der Waals surface area (Å²) in [4.78, 5) is 7.46. The molecule has 0 bridgehead atoms. The Morgan fingerprint density at radius 2 is 2.22 bits per heavy atom. The third-order valence-corrected chi connectivity index (χ3v) is 1.41. The molecule has 0 fully saturated rings. The topological polar surface area (TPSA) is 51.8 Å². The maximum absolute atomic E-state index is 5.44. The van der Waals surface area contributed by atoms with Gasteiger partial charge >= 0.3 is 0 Å². The number of nitrogens with two attached hydrogens (primary N) is 1. The maximum Gasteiger partial charge on any atom is 0.225 e. The Hall–Kier alpha value is -0.100. The van der Waals surface area contributed by atoms with Crippen LogP contribution in [0.25, 0.3) is 0 Å². The van der Waals surface area contributed by atoms with Crippen molar-refractivity contribution in [3.8, 4) is 0 Å². The van der Waals surface area contributed by atoms with Crippen LogP contribution in [0.2, 0.25) is 5.28 Å². The van der Waals surface area contributed by atoms with Gasteiger partial charge in [-0.1, -0.05) is 0 Å². The van der Waals surface area contributed by atoms with Crippen molar-refractivity contribution >= 4 is 40.0 Å². The summed E-state index contributed by atoms with van der Waals surface area (Å²) in [5, 5.41) is 0.194. The molecule has 0 saturated heterocycles. The van der Waals surface area contributed by atoms with Crippen molar-refractivity contribution in [3.05, 3.63) is 15.1 Å². The summed E-state index contributed by atoms with van der Waals surface area (Å²) in [6.07, 6.45) is 0. The third-order valence-electron chi connectivity index (χ3n) is 0.687. The van der Waals surface area contributed by atoms with Crippen LogP contribution in [-0.4, -0.2) is 9.97 Å². The molecule has 1 heterocycles. The summed E-state index contributed by atoms with van der Waals surface area (Å²) in [7, 11) is 0. The van der Waals surface area contributed by atoms with E-state index in [-0.39, 0.29) is 5.28 Å². The lowest BCUT2D eigenvalue weighted by atomic mass is 10.6. The first kappa shape index (κ1) is 7.01. The summed E-state index contributed by atoms with van der Waals surface area (Å²) in [6.45, 7) is 0. The Kier molecular flexibility index (Phi) is 2.07. The van der Waals surface area contributed by atoms with Gasteiger partial charge in [0.1, 0.15) is 9.52 Å². The number of nitrogens with zero attached hydrogens (tertiary/aromatic N) is 2. The number of halogens is 2. The number of anilines is 1. The number of hydrogen-bond donors (Lipinski definition) is 1. The summed E-state index contributed by atoms with van der Waals surface area (Å²) in [5.74, 6) is 0.402. The fourth-order valence-corrected chi connectivity index (χ4v) is 1.29. The van der Waals surface area contributed by atoms with Crippen molar-refractivity contribution in [1.82, 2.24) is 9.97 Å². The molecule has 2 N–H and O–H groups in total. The zero-order valence-corrected chi connectivity index (χ0v) is 7.22. The molecule has 1 aromatic rings. The quantitative estimate of drug-likeness (QED) is 0.432. The van der Waals surface area contributed by atoms with Crippen molar-refractivity contribution in [1.29, 1.82) is 0 Å². The number of nitrogen functional groups attached to an aromatic ring is 1. The highest BCUT2D eigenvalue weighted by Crippen LogP contribution is 2.08. The summed E-state index contributed by atoms with van der Waals surface area (Å²) in [5.41, 5.74) is 5.32. The molecule has 48 valence electrons. The molecule has 1 aromatic heterocycles. The first-order valence-electron chi connectivity index (χ1n) is 2.14. The van der Waals surface area contributed by atoms with Gasteiger partial charge in [0.15, 0.2) is 0 Å². The van der Waals surface area contributed by atoms with Gasteiger partial charge in [-0.2, -0.15) is 0 Å². The molecule has 0 aliphatic rings. The van der Waals surface area contributed by atoms with E-state index in [4.69, 9.17) is 17.3 Å². The molecule has 3 nitrogen and oxygen atoms in total. The van der Waals surface area contributed by atoms with E-state index in [0.29, 0.717) is 5.82 Å². The summed E-state index contributed by atoms with van der Waals surface area (Å²) >= 11 is 7.46. The van der Waals surface area contributed by atoms with Crippen molar-refractivity contribution in [2.24, 2.45) is 0 Å². The Balaban J connectivity index is 3.17. The number of hydrogen-bond acceptors (Lipinski definition) is 3. The van der Waals surface area contributed by atoms with Gasteiger partial charge in [0.05, 0.1) is 0 Å². The van der Waals surface area contributed by atoms with Gasteiger partial charge in [0.2, 0.25) is 5.28 Å². The minimum absolute atomic E-state index is 0.194. The zero-order chi connectivity index (χ0) is 6.85. The number of aromatic nitrogens is 2. The van der Waals surface area contributed by atoms with Gasteiger partial charge in [-0.25, -0.2) is 9.97 Å². The maximum atomic E-state index is 5.44. The van der Waals surface area contributed by atoms with E-state index in [1.165, 1.54) is 0 Å². The lowest BCUT2D eigenvalue weighted by Crippen LogP contribution is -1.93. The van der Waals surface area contributed by atoms with Crippen molar-refractivity contribution < 1.29 is 0 Å². The van der Waals surface area contributed by atoms with Gasteiger partial charge in [0.25, 0.3) is 0 Å². The van der Waals surface area contributed by atoms with Crippen LogP contribution in [0, 0.1) is 3.70 Å². The molecule has 0 spiro atoms. The standard InChI is InChI=1S/C4H3ClIN3/c5-4-8-2(6)1-3(7)9-4/h1H,(H2,7,8,9). The van der Waals surface area contributed by atoms with Crippen LogP contribution in [0.3, 0.4) is 0 Å². The predicted octanol–water partition coefficient (Wildman–Crippen LogP) is 1.32. The predicted molar refractivity (Wildman–Crippen MR) is 44.2 cm³/mol. The molecule has 0 saturated carbocycles. The van der Waals surface area contributed by atoms with E-state index in [1.54, 1.807) is 6.07 Å². The van der Waals surface area contributed by atoms with Crippen LogP contribution in [0.4, 0.5) is 5.82 Å². The molecule has 0 aromatic carbocycles. The first-order chi connectivity index (χ1) is 4.18. The SMILES string of the molecule is Nc1cc(I)nc(Cl)n1. The average molecular weight is 255 g/mol. The van der Waals surface area contributed by atoms with Crippen LogP contribution < -0.4 is 5.73 Å². The van der Waals surface area contributed by atoms with Crippen LogP contribution in [0.5, 0.6) is 0 Å². The largest absolute Gasteiger partial charge is 0.384 e. The van der Waals surface area contributed by atoms with Crippen molar-refractivity contribution in [3.63, 3.8) is 0 Å². The zero-order valence-electron chi connectivity index (χ0n) is 4.31. The second kappa shape index (κ2) is 2.66. The monoisotopic (exact) mass is 255 g/mol. The molecule has 1 rings (SSSR count). The Morgan fingerprint density at radius 1 is 1.56 bits per heavy atom. The number of rotatable bonds is 0. The molecule has 0 atom stereocenters. The minimum Gasteiger partial charge on any atom is -0.384 e. The van der Waals surface area contributed by atoms with Gasteiger partial charge in [-0.3, -0.25) is 0 Å². The summed E-state index contributed by atoms with van der Waals surface area (Å²) < 4.78 is 0.755. The van der Waals surface area contributed by atoms with E-state index in [1.807, 2.05) is 22.6 Å². The minimum atomic E-state index is 0.194. The Labute approximate surface area is 70.8 Å². The molecular weight excluding hydrogens is 252 g/mol. The lowest BCUT2D eigenvalue weighted by molar-refractivity contribution is 1.15. The molecule has 9 heavy (non-hydrogen) atoms. The van der Waals surface area contributed by atoms with E-state index in [0.717, 1.165) is 3.70 Å². The van der Waals surface area contributed by atoms with Gasteiger partial charge in [-0.05, 0) is 34.2 Å². The lowest BCUT2D eigenvalue weighted by Gasteiger charge is -1.92. The molecule has 0 aliphatic carbocycles. The highest BCUT2D eigenvalue weighted by Gasteiger charge is 1.94. The highest BCUT2D eigenvalue weighted by atomic mass is 127. The molecular formula is C4H3ClIN3. The van der Waals surface area contributed by atoms with Crippen molar-refractivity contribution in [2.75, 3.05) is 5.73 Å². The van der Waals surface area contributed by atoms with E-state index < -0.39 is 0 Å². The molecule has 0 radical (unpaired) electrons. The molecule has 0 amide bonds. The fraction of sp³-hybridized carbons (Fsp3) is 0. The van der Waals surface area contributed by atoms with E-state index >= 15 is 0 Å². The van der Waals surface area contributed by atoms with Crippen LogP contribution in [0.15, 0.2) is 6.07 Å². The van der Waals surface area contributed by atoms with Gasteiger partial charge in [0, 0.05) is 6.07 Å². The van der Waals surface area contributed by atoms with Gasteiger partial charge < -0.3 is 5.73 Å². The Bertz CT molecular complexity index is 177. The van der Waals surface area contributed by atoms with Crippen LogP contribution in [-0.2, 0) is 0 Å². The Morgan fingerprint density at radius 3 is 2.67 bits per heavy atom.